The molecule has 1 atom stereocenters. The normalized spacial score (nSPS) is 20.2. The zero-order chi connectivity index (χ0) is 13.8. The van der Waals surface area contributed by atoms with Gasteiger partial charge in [-0.15, -0.1) is 0 Å². The van der Waals surface area contributed by atoms with E-state index in [0.29, 0.717) is 19.0 Å². The van der Waals surface area contributed by atoms with E-state index in [2.05, 4.69) is 11.9 Å². The third-order valence-corrected chi connectivity index (χ3v) is 4.05. The van der Waals surface area contributed by atoms with Crippen molar-refractivity contribution in [3.05, 3.63) is 28.8 Å². The minimum absolute atomic E-state index is 0.0719. The molecule has 0 spiro atoms. The smallest absolute Gasteiger partial charge is 0.257 e. The van der Waals surface area contributed by atoms with Crippen LogP contribution < -0.4 is 0 Å². The minimum atomic E-state index is -0.533. The first-order chi connectivity index (χ1) is 9.11. The maximum absolute atomic E-state index is 13.2. The Labute approximate surface area is 117 Å². The Morgan fingerprint density at radius 3 is 3.05 bits per heavy atom. The molecule has 5 heteroatoms. The van der Waals surface area contributed by atoms with Crippen molar-refractivity contribution < 1.29 is 9.18 Å². The van der Waals surface area contributed by atoms with E-state index in [1.165, 1.54) is 6.07 Å². The van der Waals surface area contributed by atoms with Gasteiger partial charge in [0.2, 0.25) is 0 Å². The molecule has 0 aromatic carbocycles. The van der Waals surface area contributed by atoms with Gasteiger partial charge in [0.25, 0.3) is 5.91 Å². The Kier molecular flexibility index (Phi) is 4.75. The molecule has 0 radical (unpaired) electrons. The topological polar surface area (TPSA) is 33.2 Å². The number of pyridine rings is 1. The molecule has 1 aliphatic rings. The molecular formula is C14H18ClFN2O. The van der Waals surface area contributed by atoms with Crippen LogP contribution in [-0.4, -0.2) is 28.9 Å². The minimum Gasteiger partial charge on any atom is -0.339 e. The molecule has 2 heterocycles. The van der Waals surface area contributed by atoms with Crippen LogP contribution in [0.4, 0.5) is 4.39 Å². The van der Waals surface area contributed by atoms with E-state index in [-0.39, 0.29) is 16.6 Å². The predicted molar refractivity (Wildman–Crippen MR) is 72.7 cm³/mol. The molecule has 1 unspecified atom stereocenters. The maximum atomic E-state index is 13.2. The molecule has 2 rings (SSSR count). The van der Waals surface area contributed by atoms with E-state index in [0.717, 1.165) is 31.9 Å². The second kappa shape index (κ2) is 6.33. The van der Waals surface area contributed by atoms with Crippen molar-refractivity contribution in [2.75, 3.05) is 13.1 Å². The molecule has 0 aliphatic carbocycles. The van der Waals surface area contributed by atoms with Crippen LogP contribution in [0.15, 0.2) is 12.3 Å². The third kappa shape index (κ3) is 3.44. The molecular weight excluding hydrogens is 267 g/mol. The Balaban J connectivity index is 2.13. The summed E-state index contributed by atoms with van der Waals surface area (Å²) >= 11 is 5.88. The highest BCUT2D eigenvalue weighted by atomic mass is 35.5. The summed E-state index contributed by atoms with van der Waals surface area (Å²) in [4.78, 5) is 17.8. The van der Waals surface area contributed by atoms with Crippen molar-refractivity contribution in [1.29, 1.82) is 0 Å². The van der Waals surface area contributed by atoms with Gasteiger partial charge < -0.3 is 4.90 Å². The van der Waals surface area contributed by atoms with Gasteiger partial charge in [0.05, 0.1) is 11.8 Å². The van der Waals surface area contributed by atoms with Crippen LogP contribution in [0.1, 0.15) is 43.0 Å². The van der Waals surface area contributed by atoms with Crippen molar-refractivity contribution in [3.8, 4) is 0 Å². The zero-order valence-corrected chi connectivity index (χ0v) is 11.8. The van der Waals surface area contributed by atoms with Crippen LogP contribution in [0.3, 0.4) is 0 Å². The van der Waals surface area contributed by atoms with Crippen molar-refractivity contribution in [2.45, 2.75) is 32.6 Å². The first-order valence-corrected chi connectivity index (χ1v) is 7.10. The highest BCUT2D eigenvalue weighted by Crippen LogP contribution is 2.23. The molecule has 1 aromatic rings. The van der Waals surface area contributed by atoms with Crippen molar-refractivity contribution in [1.82, 2.24) is 9.88 Å². The summed E-state index contributed by atoms with van der Waals surface area (Å²) in [6.45, 7) is 3.60. The number of hydrogen-bond donors (Lipinski definition) is 0. The van der Waals surface area contributed by atoms with E-state index >= 15 is 0 Å². The summed E-state index contributed by atoms with van der Waals surface area (Å²) in [7, 11) is 0. The van der Waals surface area contributed by atoms with Gasteiger partial charge in [0, 0.05) is 13.1 Å². The molecule has 1 amide bonds. The summed E-state index contributed by atoms with van der Waals surface area (Å²) in [5, 5.41) is 0.0719. The lowest BCUT2D eigenvalue weighted by molar-refractivity contribution is 0.0759. The van der Waals surface area contributed by atoms with Gasteiger partial charge in [-0.25, -0.2) is 9.37 Å². The SMILES string of the molecule is CCC1CCCN(C(=O)c2cc(F)cnc2Cl)CC1. The molecule has 19 heavy (non-hydrogen) atoms. The van der Waals surface area contributed by atoms with Gasteiger partial charge in [-0.3, -0.25) is 4.79 Å². The Bertz CT molecular complexity index is 467. The number of halogens is 2. The van der Waals surface area contributed by atoms with Gasteiger partial charge in [0.1, 0.15) is 11.0 Å². The standard InChI is InChI=1S/C14H18ClFN2O/c1-2-10-4-3-6-18(7-5-10)14(19)12-8-11(16)9-17-13(12)15/h8-10H,2-7H2,1H3. The molecule has 1 saturated heterocycles. The fourth-order valence-electron chi connectivity index (χ4n) is 2.52. The molecule has 1 aromatic heterocycles. The summed E-state index contributed by atoms with van der Waals surface area (Å²) < 4.78 is 13.2. The van der Waals surface area contributed by atoms with Gasteiger partial charge in [-0.1, -0.05) is 24.9 Å². The molecule has 1 aliphatic heterocycles. The quantitative estimate of drug-likeness (QED) is 0.779. The van der Waals surface area contributed by atoms with Crippen molar-refractivity contribution in [3.63, 3.8) is 0 Å². The maximum Gasteiger partial charge on any atom is 0.257 e. The zero-order valence-electron chi connectivity index (χ0n) is 11.0. The average Bonchev–Trinajstić information content (AvgIpc) is 2.66. The largest absolute Gasteiger partial charge is 0.339 e. The van der Waals surface area contributed by atoms with E-state index in [4.69, 9.17) is 11.6 Å². The lowest BCUT2D eigenvalue weighted by Crippen LogP contribution is -2.32. The van der Waals surface area contributed by atoms with Gasteiger partial charge in [-0.05, 0) is 31.2 Å². The molecule has 0 saturated carbocycles. The lowest BCUT2D eigenvalue weighted by Gasteiger charge is -2.21. The van der Waals surface area contributed by atoms with Crippen LogP contribution in [0.25, 0.3) is 0 Å². The first-order valence-electron chi connectivity index (χ1n) is 6.72. The first kappa shape index (κ1) is 14.3. The number of aromatic nitrogens is 1. The van der Waals surface area contributed by atoms with E-state index in [9.17, 15) is 9.18 Å². The average molecular weight is 285 g/mol. The lowest BCUT2D eigenvalue weighted by atomic mass is 9.98. The fourth-order valence-corrected chi connectivity index (χ4v) is 2.70. The predicted octanol–water partition coefficient (Wildman–Crippen LogP) is 3.53. The van der Waals surface area contributed by atoms with Crippen LogP contribution in [0.5, 0.6) is 0 Å². The summed E-state index contributed by atoms with van der Waals surface area (Å²) in [5.41, 5.74) is 0.164. The number of amides is 1. The Morgan fingerprint density at radius 1 is 1.53 bits per heavy atom. The Morgan fingerprint density at radius 2 is 2.32 bits per heavy atom. The molecule has 3 nitrogen and oxygen atoms in total. The summed E-state index contributed by atoms with van der Waals surface area (Å²) in [5.74, 6) is -0.0679. The van der Waals surface area contributed by atoms with Gasteiger partial charge >= 0.3 is 0 Å². The number of rotatable bonds is 2. The van der Waals surface area contributed by atoms with E-state index in [1.807, 2.05) is 0 Å². The van der Waals surface area contributed by atoms with Crippen molar-refractivity contribution in [2.24, 2.45) is 5.92 Å². The highest BCUT2D eigenvalue weighted by Gasteiger charge is 2.23. The Hall–Kier alpha value is -1.16. The molecule has 0 N–H and O–H groups in total. The van der Waals surface area contributed by atoms with Crippen LogP contribution in [0.2, 0.25) is 5.15 Å². The number of likely N-dealkylation sites (tertiary alicyclic amines) is 1. The highest BCUT2D eigenvalue weighted by molar-refractivity contribution is 6.32. The van der Waals surface area contributed by atoms with Gasteiger partial charge in [0.15, 0.2) is 0 Å². The second-order valence-corrected chi connectivity index (χ2v) is 5.35. The second-order valence-electron chi connectivity index (χ2n) is 4.99. The van der Waals surface area contributed by atoms with E-state index in [1.54, 1.807) is 4.90 Å². The van der Waals surface area contributed by atoms with Crippen LogP contribution in [0, 0.1) is 11.7 Å². The van der Waals surface area contributed by atoms with Crippen LogP contribution in [-0.2, 0) is 0 Å². The number of carbonyl (C=O) groups excluding carboxylic acids is 1. The monoisotopic (exact) mass is 284 g/mol. The number of hydrogen-bond acceptors (Lipinski definition) is 2. The molecule has 1 fully saturated rings. The summed E-state index contributed by atoms with van der Waals surface area (Å²) in [6, 6.07) is 1.17. The van der Waals surface area contributed by atoms with Crippen LogP contribution >= 0.6 is 11.6 Å². The molecule has 104 valence electrons. The third-order valence-electron chi connectivity index (χ3n) is 3.75. The van der Waals surface area contributed by atoms with Gasteiger partial charge in [-0.2, -0.15) is 0 Å². The number of carbonyl (C=O) groups is 1. The molecule has 0 bridgehead atoms. The van der Waals surface area contributed by atoms with Crippen molar-refractivity contribution >= 4 is 17.5 Å². The number of nitrogens with zero attached hydrogens (tertiary/aromatic N) is 2. The fraction of sp³-hybridized carbons (Fsp3) is 0.571. The summed E-state index contributed by atoms with van der Waals surface area (Å²) in [6.07, 6.45) is 5.31. The van der Waals surface area contributed by atoms with E-state index < -0.39 is 5.82 Å².